The molecule has 1 atom stereocenters. The van der Waals surface area contributed by atoms with Gasteiger partial charge in [0, 0.05) is 54.9 Å². The smallest absolute Gasteiger partial charge is 0.253 e. The predicted molar refractivity (Wildman–Crippen MR) is 108 cm³/mol. The molecule has 3 aromatic rings. The van der Waals surface area contributed by atoms with Gasteiger partial charge >= 0.3 is 0 Å². The van der Waals surface area contributed by atoms with E-state index in [1.165, 1.54) is 0 Å². The molecule has 2 aliphatic heterocycles. The number of H-pyrrole nitrogens is 1. The van der Waals surface area contributed by atoms with E-state index in [1.54, 1.807) is 0 Å². The van der Waals surface area contributed by atoms with E-state index in [1.807, 2.05) is 35.4 Å². The molecule has 1 unspecified atom stereocenters. The van der Waals surface area contributed by atoms with Crippen LogP contribution < -0.4 is 0 Å². The molecule has 2 aromatic heterocycles. The van der Waals surface area contributed by atoms with Gasteiger partial charge in [0.2, 0.25) is 5.89 Å². The van der Waals surface area contributed by atoms with Crippen molar-refractivity contribution in [2.24, 2.45) is 0 Å². The van der Waals surface area contributed by atoms with Crippen LogP contribution in [0.3, 0.4) is 0 Å². The summed E-state index contributed by atoms with van der Waals surface area (Å²) >= 11 is 0. The van der Waals surface area contributed by atoms with Crippen LogP contribution in [0.2, 0.25) is 0 Å². The van der Waals surface area contributed by atoms with E-state index in [-0.39, 0.29) is 17.2 Å². The highest BCUT2D eigenvalue weighted by atomic mass is 16.5. The highest BCUT2D eigenvalue weighted by Gasteiger charge is 2.39. The number of hydrogen-bond acceptors (Lipinski definition) is 5. The monoisotopic (exact) mass is 394 g/mol. The predicted octanol–water partition coefficient (Wildman–Crippen LogP) is 3.64. The minimum Gasteiger partial charge on any atom is -0.381 e. The Morgan fingerprint density at radius 2 is 2.14 bits per heavy atom. The van der Waals surface area contributed by atoms with Crippen molar-refractivity contribution in [1.82, 2.24) is 20.0 Å². The van der Waals surface area contributed by atoms with Crippen LogP contribution in [0.1, 0.15) is 60.6 Å². The molecule has 0 bridgehead atoms. The molecule has 0 radical (unpaired) electrons. The molecule has 0 spiro atoms. The molecule has 152 valence electrons. The van der Waals surface area contributed by atoms with Gasteiger partial charge in [-0.15, -0.1) is 0 Å². The molecule has 1 N–H and O–H groups in total. The summed E-state index contributed by atoms with van der Waals surface area (Å²) in [6, 6.07) is 7.83. The van der Waals surface area contributed by atoms with Crippen LogP contribution in [-0.2, 0) is 10.2 Å². The number of benzene rings is 1. The highest BCUT2D eigenvalue weighted by Crippen LogP contribution is 2.34. The van der Waals surface area contributed by atoms with Gasteiger partial charge in [-0.25, -0.2) is 0 Å². The third kappa shape index (κ3) is 3.44. The van der Waals surface area contributed by atoms with Crippen LogP contribution in [0.25, 0.3) is 10.9 Å². The molecule has 29 heavy (non-hydrogen) atoms. The number of amides is 1. The third-order valence-electron chi connectivity index (χ3n) is 6.34. The van der Waals surface area contributed by atoms with Crippen molar-refractivity contribution in [3.63, 3.8) is 0 Å². The summed E-state index contributed by atoms with van der Waals surface area (Å²) in [6.07, 6.45) is 5.60. The number of likely N-dealkylation sites (tertiary alicyclic amines) is 1. The normalized spacial score (nSPS) is 23.6. The fourth-order valence-electron chi connectivity index (χ4n) is 4.55. The summed E-state index contributed by atoms with van der Waals surface area (Å²) in [5.41, 5.74) is 1.40. The summed E-state index contributed by atoms with van der Waals surface area (Å²) in [7, 11) is 0. The van der Waals surface area contributed by atoms with Crippen molar-refractivity contribution < 1.29 is 14.1 Å². The van der Waals surface area contributed by atoms with Crippen LogP contribution in [-0.4, -0.2) is 52.2 Å². The summed E-state index contributed by atoms with van der Waals surface area (Å²) < 4.78 is 11.0. The first kappa shape index (κ1) is 18.4. The first-order valence-corrected chi connectivity index (χ1v) is 10.4. The quantitative estimate of drug-likeness (QED) is 0.733. The van der Waals surface area contributed by atoms with Gasteiger partial charge < -0.3 is 19.1 Å². The Hall–Kier alpha value is -2.67. The molecular formula is C22H26N4O3. The molecule has 7 nitrogen and oxygen atoms in total. The lowest BCUT2D eigenvalue weighted by Crippen LogP contribution is -2.47. The van der Waals surface area contributed by atoms with Crippen LogP contribution in [0.15, 0.2) is 35.0 Å². The van der Waals surface area contributed by atoms with Gasteiger partial charge in [0.05, 0.1) is 0 Å². The lowest BCUT2D eigenvalue weighted by Gasteiger charge is -2.38. The number of carbonyl (C=O) groups is 1. The maximum absolute atomic E-state index is 13.2. The fraction of sp³-hybridized carbons (Fsp3) is 0.500. The number of piperidine rings is 1. The lowest BCUT2D eigenvalue weighted by atomic mass is 9.81. The summed E-state index contributed by atoms with van der Waals surface area (Å²) in [5, 5.41) is 5.43. The minimum atomic E-state index is -0.294. The molecule has 7 heteroatoms. The number of carbonyl (C=O) groups excluding carboxylic acids is 1. The molecular weight excluding hydrogens is 368 g/mol. The van der Waals surface area contributed by atoms with E-state index in [4.69, 9.17) is 14.2 Å². The van der Waals surface area contributed by atoms with Gasteiger partial charge in [-0.2, -0.15) is 4.98 Å². The van der Waals surface area contributed by atoms with E-state index >= 15 is 0 Å². The number of hydrogen-bond donors (Lipinski definition) is 1. The SMILES string of the molecule is CC1(c2noc(C3CCOCC3)n2)CCCN(C(=O)c2ccc3cc[nH]c3c2)C1. The Balaban J connectivity index is 1.35. The van der Waals surface area contributed by atoms with E-state index in [0.717, 1.165) is 62.2 Å². The Bertz CT molecular complexity index is 1020. The van der Waals surface area contributed by atoms with Crippen molar-refractivity contribution in [3.8, 4) is 0 Å². The number of nitrogens with zero attached hydrogens (tertiary/aromatic N) is 3. The first-order valence-electron chi connectivity index (χ1n) is 10.4. The molecule has 2 aliphatic rings. The average Bonchev–Trinajstić information content (AvgIpc) is 3.43. The molecule has 0 aliphatic carbocycles. The molecule has 2 fully saturated rings. The molecule has 1 amide bonds. The molecule has 4 heterocycles. The van der Waals surface area contributed by atoms with Crippen LogP contribution in [0, 0.1) is 0 Å². The average molecular weight is 394 g/mol. The second-order valence-electron chi connectivity index (χ2n) is 8.51. The van der Waals surface area contributed by atoms with Crippen molar-refractivity contribution in [3.05, 3.63) is 47.7 Å². The van der Waals surface area contributed by atoms with Gasteiger partial charge in [-0.1, -0.05) is 18.1 Å². The number of fused-ring (bicyclic) bond motifs is 1. The fourth-order valence-corrected chi connectivity index (χ4v) is 4.55. The minimum absolute atomic E-state index is 0.0561. The Morgan fingerprint density at radius 3 is 3.00 bits per heavy atom. The summed E-state index contributed by atoms with van der Waals surface area (Å²) in [5.74, 6) is 1.77. The van der Waals surface area contributed by atoms with Crippen LogP contribution >= 0.6 is 0 Å². The van der Waals surface area contributed by atoms with Gasteiger partial charge in [-0.05, 0) is 49.3 Å². The van der Waals surface area contributed by atoms with Crippen molar-refractivity contribution >= 4 is 16.8 Å². The Kier molecular flexibility index (Phi) is 4.62. The number of aromatic amines is 1. The van der Waals surface area contributed by atoms with E-state index in [9.17, 15) is 4.79 Å². The molecule has 0 saturated carbocycles. The second-order valence-corrected chi connectivity index (χ2v) is 8.51. The molecule has 2 saturated heterocycles. The Morgan fingerprint density at radius 1 is 1.28 bits per heavy atom. The van der Waals surface area contributed by atoms with Crippen molar-refractivity contribution in [2.75, 3.05) is 26.3 Å². The van der Waals surface area contributed by atoms with Gasteiger partial charge in [0.1, 0.15) is 0 Å². The lowest BCUT2D eigenvalue weighted by molar-refractivity contribution is 0.0642. The zero-order valence-electron chi connectivity index (χ0n) is 16.7. The summed E-state index contributed by atoms with van der Waals surface area (Å²) in [6.45, 7) is 4.97. The summed E-state index contributed by atoms with van der Waals surface area (Å²) in [4.78, 5) is 23.0. The van der Waals surface area contributed by atoms with Gasteiger partial charge in [0.15, 0.2) is 5.82 Å². The van der Waals surface area contributed by atoms with E-state index in [2.05, 4.69) is 17.1 Å². The highest BCUT2D eigenvalue weighted by molar-refractivity contribution is 5.98. The number of rotatable bonds is 3. The third-order valence-corrected chi connectivity index (χ3v) is 6.34. The maximum atomic E-state index is 13.2. The van der Waals surface area contributed by atoms with Gasteiger partial charge in [-0.3, -0.25) is 4.79 Å². The zero-order valence-corrected chi connectivity index (χ0v) is 16.7. The number of nitrogens with one attached hydrogen (secondary N) is 1. The zero-order chi connectivity index (χ0) is 19.8. The molecule has 1 aromatic carbocycles. The number of aromatic nitrogens is 3. The first-order chi connectivity index (χ1) is 14.1. The largest absolute Gasteiger partial charge is 0.381 e. The second kappa shape index (κ2) is 7.30. The Labute approximate surface area is 169 Å². The van der Waals surface area contributed by atoms with Gasteiger partial charge in [0.25, 0.3) is 5.91 Å². The van der Waals surface area contributed by atoms with Crippen molar-refractivity contribution in [2.45, 2.75) is 43.9 Å². The van der Waals surface area contributed by atoms with E-state index < -0.39 is 0 Å². The molecule has 5 rings (SSSR count). The topological polar surface area (TPSA) is 84.2 Å². The number of ether oxygens (including phenoxy) is 1. The van der Waals surface area contributed by atoms with E-state index in [0.29, 0.717) is 18.0 Å². The van der Waals surface area contributed by atoms with Crippen LogP contribution in [0.4, 0.5) is 0 Å². The standard InChI is InChI=1S/C22H26N4O3/c1-22(21-24-19(29-25-21)16-6-11-28-12-7-16)8-2-10-26(14-22)20(27)17-4-3-15-5-9-23-18(15)13-17/h3-5,9,13,16,23H,2,6-8,10-12,14H2,1H3. The maximum Gasteiger partial charge on any atom is 0.253 e. The van der Waals surface area contributed by atoms with Crippen LogP contribution in [0.5, 0.6) is 0 Å². The van der Waals surface area contributed by atoms with Crippen molar-refractivity contribution in [1.29, 1.82) is 0 Å².